The number of aromatic nitrogens is 1. The molecule has 4 heteroatoms. The van der Waals surface area contributed by atoms with E-state index in [4.69, 9.17) is 10.5 Å². The van der Waals surface area contributed by atoms with Crippen molar-refractivity contribution in [2.24, 2.45) is 5.92 Å². The van der Waals surface area contributed by atoms with Gasteiger partial charge in [0.2, 0.25) is 0 Å². The first kappa shape index (κ1) is 11.2. The molecule has 0 spiro atoms. The Morgan fingerprint density at radius 3 is 3.12 bits per heavy atom. The van der Waals surface area contributed by atoms with Gasteiger partial charge in [0.15, 0.2) is 0 Å². The lowest BCUT2D eigenvalue weighted by atomic mass is 10.0. The molecule has 0 aromatic carbocycles. The van der Waals surface area contributed by atoms with Crippen LogP contribution in [0.25, 0.3) is 0 Å². The molecule has 1 saturated heterocycles. The highest BCUT2D eigenvalue weighted by Gasteiger charge is 2.13. The van der Waals surface area contributed by atoms with Crippen molar-refractivity contribution in [1.29, 1.82) is 0 Å². The molecule has 88 valence electrons. The van der Waals surface area contributed by atoms with Gasteiger partial charge in [0.05, 0.1) is 18.0 Å². The van der Waals surface area contributed by atoms with Crippen LogP contribution in [0.3, 0.4) is 0 Å². The fourth-order valence-corrected chi connectivity index (χ4v) is 1.89. The van der Waals surface area contributed by atoms with Crippen LogP contribution in [0.4, 0.5) is 11.5 Å². The van der Waals surface area contributed by atoms with Crippen LogP contribution in [0, 0.1) is 12.8 Å². The van der Waals surface area contributed by atoms with Crippen molar-refractivity contribution in [2.75, 3.05) is 30.8 Å². The van der Waals surface area contributed by atoms with Crippen molar-refractivity contribution in [3.8, 4) is 0 Å². The molecule has 1 aliphatic heterocycles. The first-order chi connectivity index (χ1) is 7.75. The number of nitrogen functional groups attached to an aromatic ring is 1. The molecular weight excluding hydrogens is 202 g/mol. The fourth-order valence-electron chi connectivity index (χ4n) is 1.89. The van der Waals surface area contributed by atoms with E-state index >= 15 is 0 Å². The lowest BCUT2D eigenvalue weighted by Crippen LogP contribution is -2.24. The molecule has 3 N–H and O–H groups in total. The predicted octanol–water partition coefficient (Wildman–Crippen LogP) is 1.81. The lowest BCUT2D eigenvalue weighted by molar-refractivity contribution is 0.0595. The van der Waals surface area contributed by atoms with Gasteiger partial charge in [0.1, 0.15) is 5.82 Å². The summed E-state index contributed by atoms with van der Waals surface area (Å²) < 4.78 is 5.43. The second kappa shape index (κ2) is 5.16. The smallest absolute Gasteiger partial charge is 0.126 e. The molecule has 0 amide bonds. The van der Waals surface area contributed by atoms with Crippen molar-refractivity contribution in [3.63, 3.8) is 0 Å². The molecule has 1 fully saturated rings. The Labute approximate surface area is 96.2 Å². The lowest BCUT2D eigenvalue weighted by Gasteiger charge is -2.22. The molecule has 2 heterocycles. The van der Waals surface area contributed by atoms with Crippen LogP contribution in [0.15, 0.2) is 12.1 Å². The van der Waals surface area contributed by atoms with Gasteiger partial charge < -0.3 is 15.8 Å². The van der Waals surface area contributed by atoms with E-state index in [1.807, 2.05) is 19.1 Å². The van der Waals surface area contributed by atoms with Gasteiger partial charge in [-0.2, -0.15) is 0 Å². The highest BCUT2D eigenvalue weighted by atomic mass is 16.5. The minimum Gasteiger partial charge on any atom is -0.397 e. The Bertz CT molecular complexity index is 348. The van der Waals surface area contributed by atoms with Crippen molar-refractivity contribution in [1.82, 2.24) is 4.98 Å². The van der Waals surface area contributed by atoms with Crippen LogP contribution < -0.4 is 11.1 Å². The molecule has 1 unspecified atom stereocenters. The van der Waals surface area contributed by atoms with Gasteiger partial charge in [0, 0.05) is 13.2 Å². The summed E-state index contributed by atoms with van der Waals surface area (Å²) in [6.07, 6.45) is 2.40. The Morgan fingerprint density at radius 1 is 1.56 bits per heavy atom. The molecule has 2 rings (SSSR count). The summed E-state index contributed by atoms with van der Waals surface area (Å²) in [5.74, 6) is 1.51. The molecular formula is C12H19N3O. The van der Waals surface area contributed by atoms with Gasteiger partial charge in [-0.3, -0.25) is 0 Å². The average molecular weight is 221 g/mol. The largest absolute Gasteiger partial charge is 0.397 e. The number of hydrogen-bond donors (Lipinski definition) is 2. The molecule has 0 aliphatic carbocycles. The van der Waals surface area contributed by atoms with Gasteiger partial charge >= 0.3 is 0 Å². The van der Waals surface area contributed by atoms with E-state index in [2.05, 4.69) is 10.3 Å². The molecule has 16 heavy (non-hydrogen) atoms. The second-order valence-corrected chi connectivity index (χ2v) is 4.34. The molecule has 0 radical (unpaired) electrons. The number of nitrogens with two attached hydrogens (primary N) is 1. The fraction of sp³-hybridized carbons (Fsp3) is 0.583. The van der Waals surface area contributed by atoms with Crippen molar-refractivity contribution < 1.29 is 4.74 Å². The zero-order chi connectivity index (χ0) is 11.4. The maximum atomic E-state index is 5.72. The SMILES string of the molecule is Cc1nc(NCC2CCCOC2)ccc1N. The van der Waals surface area contributed by atoms with Crippen LogP contribution in [0.1, 0.15) is 18.5 Å². The topological polar surface area (TPSA) is 60.2 Å². The molecule has 1 aromatic heterocycles. The second-order valence-electron chi connectivity index (χ2n) is 4.34. The van der Waals surface area contributed by atoms with E-state index in [-0.39, 0.29) is 0 Å². The number of nitrogens with zero attached hydrogens (tertiary/aromatic N) is 1. The number of ether oxygens (including phenoxy) is 1. The van der Waals surface area contributed by atoms with E-state index in [0.29, 0.717) is 5.92 Å². The number of nitrogens with one attached hydrogen (secondary N) is 1. The van der Waals surface area contributed by atoms with Crippen LogP contribution in [0.2, 0.25) is 0 Å². The quantitative estimate of drug-likeness (QED) is 0.817. The third kappa shape index (κ3) is 2.85. The highest BCUT2D eigenvalue weighted by Crippen LogP contribution is 2.16. The molecule has 0 saturated carbocycles. The van der Waals surface area contributed by atoms with Gasteiger partial charge in [-0.15, -0.1) is 0 Å². The zero-order valence-electron chi connectivity index (χ0n) is 9.70. The first-order valence-electron chi connectivity index (χ1n) is 5.80. The molecule has 4 nitrogen and oxygen atoms in total. The van der Waals surface area contributed by atoms with Gasteiger partial charge in [-0.25, -0.2) is 4.98 Å². The number of aryl methyl sites for hydroxylation is 1. The average Bonchev–Trinajstić information content (AvgIpc) is 2.32. The van der Waals surface area contributed by atoms with E-state index in [0.717, 1.165) is 37.0 Å². The van der Waals surface area contributed by atoms with Gasteiger partial charge in [-0.05, 0) is 37.8 Å². The maximum Gasteiger partial charge on any atom is 0.126 e. The molecule has 1 aliphatic rings. The van der Waals surface area contributed by atoms with Crippen molar-refractivity contribution >= 4 is 11.5 Å². The number of hydrogen-bond acceptors (Lipinski definition) is 4. The Kier molecular flexibility index (Phi) is 3.62. The third-order valence-corrected chi connectivity index (χ3v) is 2.95. The summed E-state index contributed by atoms with van der Waals surface area (Å²) in [5.41, 5.74) is 7.34. The molecule has 1 atom stereocenters. The van der Waals surface area contributed by atoms with E-state index < -0.39 is 0 Å². The van der Waals surface area contributed by atoms with Crippen LogP contribution >= 0.6 is 0 Å². The molecule has 1 aromatic rings. The number of pyridine rings is 1. The Hall–Kier alpha value is -1.29. The van der Waals surface area contributed by atoms with E-state index in [1.165, 1.54) is 12.8 Å². The van der Waals surface area contributed by atoms with Crippen LogP contribution in [-0.2, 0) is 4.74 Å². The van der Waals surface area contributed by atoms with Crippen LogP contribution in [0.5, 0.6) is 0 Å². The summed E-state index contributed by atoms with van der Waals surface area (Å²) in [7, 11) is 0. The van der Waals surface area contributed by atoms with E-state index in [1.54, 1.807) is 0 Å². The third-order valence-electron chi connectivity index (χ3n) is 2.95. The standard InChI is InChI=1S/C12H19N3O/c1-9-11(13)4-5-12(15-9)14-7-10-3-2-6-16-8-10/h4-5,10H,2-3,6-8,13H2,1H3,(H,14,15). The van der Waals surface area contributed by atoms with Crippen LogP contribution in [-0.4, -0.2) is 24.7 Å². The minimum absolute atomic E-state index is 0.605. The summed E-state index contributed by atoms with van der Waals surface area (Å²) in [6.45, 7) is 4.62. The highest BCUT2D eigenvalue weighted by molar-refractivity contribution is 5.48. The number of anilines is 2. The summed E-state index contributed by atoms with van der Waals surface area (Å²) in [6, 6.07) is 3.81. The van der Waals surface area contributed by atoms with E-state index in [9.17, 15) is 0 Å². The maximum absolute atomic E-state index is 5.72. The summed E-state index contributed by atoms with van der Waals surface area (Å²) in [4.78, 5) is 4.38. The first-order valence-corrected chi connectivity index (χ1v) is 5.80. The zero-order valence-corrected chi connectivity index (χ0v) is 9.70. The normalized spacial score (nSPS) is 20.7. The predicted molar refractivity (Wildman–Crippen MR) is 65.4 cm³/mol. The minimum atomic E-state index is 0.605. The monoisotopic (exact) mass is 221 g/mol. The van der Waals surface area contributed by atoms with Gasteiger partial charge in [-0.1, -0.05) is 0 Å². The van der Waals surface area contributed by atoms with Crippen molar-refractivity contribution in [3.05, 3.63) is 17.8 Å². The Balaban J connectivity index is 1.86. The number of rotatable bonds is 3. The van der Waals surface area contributed by atoms with Crippen molar-refractivity contribution in [2.45, 2.75) is 19.8 Å². The Morgan fingerprint density at radius 2 is 2.44 bits per heavy atom. The molecule has 0 bridgehead atoms. The van der Waals surface area contributed by atoms with Gasteiger partial charge in [0.25, 0.3) is 0 Å². The summed E-state index contributed by atoms with van der Waals surface area (Å²) >= 11 is 0. The summed E-state index contributed by atoms with van der Waals surface area (Å²) in [5, 5.41) is 3.34.